The van der Waals surface area contributed by atoms with Gasteiger partial charge >= 0.3 is 0 Å². The third kappa shape index (κ3) is 4.21. The lowest BCUT2D eigenvalue weighted by Crippen LogP contribution is -2.08. The van der Waals surface area contributed by atoms with Crippen molar-refractivity contribution in [1.29, 1.82) is 0 Å². The van der Waals surface area contributed by atoms with E-state index in [0.717, 1.165) is 38.6 Å². The average Bonchev–Trinajstić information content (AvgIpc) is 2.87. The van der Waals surface area contributed by atoms with E-state index in [4.69, 9.17) is 0 Å². The lowest BCUT2D eigenvalue weighted by Gasteiger charge is -2.16. The van der Waals surface area contributed by atoms with Gasteiger partial charge in [0.05, 0.1) is 22.7 Å². The normalized spacial score (nSPS) is 11.7. The number of phenolic OH excluding ortho intramolecular Hbond substituents is 1. The molecule has 5 aromatic carbocycles. The molecule has 5 rings (SSSR count). The van der Waals surface area contributed by atoms with Gasteiger partial charge in [0.25, 0.3) is 0 Å². The highest BCUT2D eigenvalue weighted by Crippen LogP contribution is 2.35. The summed E-state index contributed by atoms with van der Waals surface area (Å²) in [5.41, 5.74) is 4.10. The number of rotatable bonds is 5. The second-order valence-corrected chi connectivity index (χ2v) is 8.11. The van der Waals surface area contributed by atoms with Crippen molar-refractivity contribution >= 4 is 50.0 Å². The van der Waals surface area contributed by atoms with E-state index in [9.17, 15) is 5.11 Å². The number of anilines is 1. The third-order valence-electron chi connectivity index (χ3n) is 5.63. The van der Waals surface area contributed by atoms with Crippen LogP contribution in [0.15, 0.2) is 118 Å². The monoisotopic (exact) mass is 445 g/mol. The van der Waals surface area contributed by atoms with Crippen LogP contribution in [-0.4, -0.2) is 19.2 Å². The zero-order valence-electron chi connectivity index (χ0n) is 18.9. The fourth-order valence-corrected chi connectivity index (χ4v) is 3.91. The van der Waals surface area contributed by atoms with Crippen LogP contribution in [0.4, 0.5) is 28.4 Å². The molecular formula is C28H23N5O. The number of benzene rings is 5. The molecule has 6 nitrogen and oxygen atoms in total. The smallest absolute Gasteiger partial charge is 0.123 e. The van der Waals surface area contributed by atoms with E-state index in [0.29, 0.717) is 11.4 Å². The highest BCUT2D eigenvalue weighted by Gasteiger charge is 2.07. The first-order valence-electron chi connectivity index (χ1n) is 10.9. The van der Waals surface area contributed by atoms with Crippen LogP contribution in [0, 0.1) is 0 Å². The van der Waals surface area contributed by atoms with Gasteiger partial charge in [-0.05, 0) is 48.5 Å². The summed E-state index contributed by atoms with van der Waals surface area (Å²) in [6.45, 7) is 0. The summed E-state index contributed by atoms with van der Waals surface area (Å²) >= 11 is 0. The maximum atomic E-state index is 10.0. The Balaban J connectivity index is 1.38. The predicted octanol–water partition coefficient (Wildman–Crippen LogP) is 8.60. The first kappa shape index (κ1) is 21.3. The maximum absolute atomic E-state index is 10.0. The Labute approximate surface area is 197 Å². The molecule has 0 aliphatic heterocycles. The molecule has 5 aromatic rings. The number of phenols is 1. The summed E-state index contributed by atoms with van der Waals surface area (Å²) in [5, 5.41) is 31.5. The van der Waals surface area contributed by atoms with Crippen LogP contribution in [0.5, 0.6) is 5.75 Å². The van der Waals surface area contributed by atoms with E-state index < -0.39 is 0 Å². The SMILES string of the molecule is CN(C)c1ccc(N=Nc2ccc(N=Nc3ccc(O)c4ccccc34)cc2)c2ccccc12. The molecule has 6 heteroatoms. The van der Waals surface area contributed by atoms with Gasteiger partial charge in [-0.3, -0.25) is 0 Å². The van der Waals surface area contributed by atoms with E-state index in [-0.39, 0.29) is 5.75 Å². The molecular weight excluding hydrogens is 422 g/mol. The van der Waals surface area contributed by atoms with Crippen molar-refractivity contribution in [2.75, 3.05) is 19.0 Å². The number of hydrogen-bond donors (Lipinski definition) is 1. The molecule has 0 saturated heterocycles. The zero-order chi connectivity index (χ0) is 23.5. The summed E-state index contributed by atoms with van der Waals surface area (Å²) < 4.78 is 0. The van der Waals surface area contributed by atoms with Gasteiger partial charge in [0, 0.05) is 41.3 Å². The van der Waals surface area contributed by atoms with E-state index in [1.165, 1.54) is 0 Å². The second-order valence-electron chi connectivity index (χ2n) is 8.11. The van der Waals surface area contributed by atoms with Crippen molar-refractivity contribution in [3.8, 4) is 5.75 Å². The minimum Gasteiger partial charge on any atom is -0.507 e. The minimum absolute atomic E-state index is 0.230. The van der Waals surface area contributed by atoms with Crippen LogP contribution in [0.25, 0.3) is 21.5 Å². The number of fused-ring (bicyclic) bond motifs is 2. The molecule has 34 heavy (non-hydrogen) atoms. The van der Waals surface area contributed by atoms with Crippen molar-refractivity contribution < 1.29 is 5.11 Å². The molecule has 0 bridgehead atoms. The van der Waals surface area contributed by atoms with Gasteiger partial charge in [0.15, 0.2) is 0 Å². The van der Waals surface area contributed by atoms with Crippen molar-refractivity contribution in [2.24, 2.45) is 20.5 Å². The molecule has 166 valence electrons. The Morgan fingerprint density at radius 2 is 0.971 bits per heavy atom. The number of hydrogen-bond acceptors (Lipinski definition) is 6. The Kier molecular flexibility index (Phi) is 5.70. The van der Waals surface area contributed by atoms with Crippen LogP contribution < -0.4 is 4.90 Å². The molecule has 0 atom stereocenters. The molecule has 0 aliphatic rings. The van der Waals surface area contributed by atoms with Crippen LogP contribution in [0.1, 0.15) is 0 Å². The van der Waals surface area contributed by atoms with E-state index in [1.807, 2.05) is 80.8 Å². The summed E-state index contributed by atoms with van der Waals surface area (Å²) in [4.78, 5) is 2.09. The first-order chi connectivity index (χ1) is 16.6. The second kappa shape index (κ2) is 9.11. The number of aromatic hydroxyl groups is 1. The molecule has 0 unspecified atom stereocenters. The number of nitrogens with zero attached hydrogens (tertiary/aromatic N) is 5. The van der Waals surface area contributed by atoms with Crippen molar-refractivity contribution in [1.82, 2.24) is 0 Å². The summed E-state index contributed by atoms with van der Waals surface area (Å²) in [7, 11) is 4.07. The Morgan fingerprint density at radius 3 is 1.53 bits per heavy atom. The van der Waals surface area contributed by atoms with Crippen LogP contribution in [0.2, 0.25) is 0 Å². The quantitative estimate of drug-likeness (QED) is 0.275. The highest BCUT2D eigenvalue weighted by atomic mass is 16.3. The van der Waals surface area contributed by atoms with Crippen LogP contribution in [0.3, 0.4) is 0 Å². The highest BCUT2D eigenvalue weighted by molar-refractivity contribution is 6.01. The Hall–Kier alpha value is -4.58. The lowest BCUT2D eigenvalue weighted by atomic mass is 10.1. The number of azo groups is 2. The van der Waals surface area contributed by atoms with Crippen LogP contribution >= 0.6 is 0 Å². The van der Waals surface area contributed by atoms with Crippen molar-refractivity contribution in [3.05, 3.63) is 97.1 Å². The average molecular weight is 446 g/mol. The maximum Gasteiger partial charge on any atom is 0.123 e. The molecule has 1 N–H and O–H groups in total. The molecule has 0 aliphatic carbocycles. The largest absolute Gasteiger partial charge is 0.507 e. The van der Waals surface area contributed by atoms with Gasteiger partial charge in [-0.2, -0.15) is 10.2 Å². The molecule has 0 aromatic heterocycles. The summed E-state index contributed by atoms with van der Waals surface area (Å²) in [6.07, 6.45) is 0. The Bertz CT molecular complexity index is 1540. The van der Waals surface area contributed by atoms with Gasteiger partial charge < -0.3 is 10.0 Å². The van der Waals surface area contributed by atoms with Crippen LogP contribution in [-0.2, 0) is 0 Å². The summed E-state index contributed by atoms with van der Waals surface area (Å²) in [5.74, 6) is 0.230. The molecule has 0 fully saturated rings. The molecule has 0 radical (unpaired) electrons. The van der Waals surface area contributed by atoms with Crippen molar-refractivity contribution in [3.63, 3.8) is 0 Å². The summed E-state index contributed by atoms with van der Waals surface area (Å²) in [6, 6.07) is 30.7. The molecule has 0 saturated carbocycles. The third-order valence-corrected chi connectivity index (χ3v) is 5.63. The van der Waals surface area contributed by atoms with Gasteiger partial charge in [-0.1, -0.05) is 48.5 Å². The van der Waals surface area contributed by atoms with Crippen molar-refractivity contribution in [2.45, 2.75) is 0 Å². The topological polar surface area (TPSA) is 72.9 Å². The van der Waals surface area contributed by atoms with Gasteiger partial charge in [0.2, 0.25) is 0 Å². The molecule has 0 amide bonds. The molecule has 0 heterocycles. The first-order valence-corrected chi connectivity index (χ1v) is 10.9. The predicted molar refractivity (Wildman–Crippen MR) is 139 cm³/mol. The zero-order valence-corrected chi connectivity index (χ0v) is 18.9. The fraction of sp³-hybridized carbons (Fsp3) is 0.0714. The lowest BCUT2D eigenvalue weighted by molar-refractivity contribution is 0.481. The van der Waals surface area contributed by atoms with Gasteiger partial charge in [0.1, 0.15) is 5.75 Å². The fourth-order valence-electron chi connectivity index (χ4n) is 3.91. The van der Waals surface area contributed by atoms with Gasteiger partial charge in [-0.25, -0.2) is 0 Å². The standard InChI is InChI=1S/C28H23N5O/c1-33(2)27-17-15-25(21-7-3-5-9-23(21)27)31-29-19-11-13-20(14-12-19)30-32-26-16-18-28(34)24-10-6-4-8-22(24)26/h3-18,34H,1-2H3. The Morgan fingerprint density at radius 1 is 0.500 bits per heavy atom. The van der Waals surface area contributed by atoms with E-state index >= 15 is 0 Å². The van der Waals surface area contributed by atoms with E-state index in [2.05, 4.69) is 43.6 Å². The minimum atomic E-state index is 0.230. The van der Waals surface area contributed by atoms with E-state index in [1.54, 1.807) is 12.1 Å². The molecule has 0 spiro atoms. The van der Waals surface area contributed by atoms with Gasteiger partial charge in [-0.15, -0.1) is 10.2 Å².